The van der Waals surface area contributed by atoms with Crippen LogP contribution in [0.2, 0.25) is 5.02 Å². The molecule has 1 saturated carbocycles. The summed E-state index contributed by atoms with van der Waals surface area (Å²) in [6, 6.07) is 17.7. The van der Waals surface area contributed by atoms with Gasteiger partial charge in [0.2, 0.25) is 11.8 Å². The monoisotopic (exact) mass is 703 g/mol. The second-order valence-corrected chi connectivity index (χ2v) is 14.2. The van der Waals surface area contributed by atoms with Crippen molar-refractivity contribution in [3.63, 3.8) is 0 Å². The molecule has 8 nitrogen and oxygen atoms in total. The van der Waals surface area contributed by atoms with Crippen LogP contribution in [0.15, 0.2) is 76.1 Å². The summed E-state index contributed by atoms with van der Waals surface area (Å²) >= 11 is 9.50. The minimum atomic E-state index is -4.21. The number of sulfonamides is 1. The Morgan fingerprint density at radius 1 is 1.02 bits per heavy atom. The van der Waals surface area contributed by atoms with Gasteiger partial charge in [-0.2, -0.15) is 0 Å². The zero-order chi connectivity index (χ0) is 31.9. The summed E-state index contributed by atoms with van der Waals surface area (Å²) in [5.74, 6) is -0.251. The summed E-state index contributed by atoms with van der Waals surface area (Å²) in [6.07, 6.45) is 5.44. The van der Waals surface area contributed by atoms with E-state index >= 15 is 0 Å². The van der Waals surface area contributed by atoms with Gasteiger partial charge in [0, 0.05) is 17.6 Å². The Labute approximate surface area is 273 Å². The summed E-state index contributed by atoms with van der Waals surface area (Å²) in [7, 11) is -2.72. The second kappa shape index (κ2) is 15.3. The minimum absolute atomic E-state index is 0.00937. The van der Waals surface area contributed by atoms with E-state index in [1.165, 1.54) is 24.1 Å². The predicted molar refractivity (Wildman–Crippen MR) is 178 cm³/mol. The lowest BCUT2D eigenvalue weighted by molar-refractivity contribution is -0.140. The standard InChI is InChI=1S/C33H39BrClN3O5S/c1-4-30(33(40)36-26-8-6-5-7-9-26)37(21-24-12-14-25(35)15-13-24)32(39)22-38(27-16-10-23(2)11-17-27)44(41,42)28-18-19-31(43-3)29(34)20-28/h10-20,26,30H,4-9,21-22H2,1-3H3,(H,36,40)/t30-/m1/s1. The van der Waals surface area contributed by atoms with Crippen molar-refractivity contribution in [1.29, 1.82) is 0 Å². The molecule has 3 aromatic rings. The number of amides is 2. The van der Waals surface area contributed by atoms with Crippen molar-refractivity contribution in [2.24, 2.45) is 0 Å². The molecule has 236 valence electrons. The fourth-order valence-electron chi connectivity index (χ4n) is 5.42. The lowest BCUT2D eigenvalue weighted by atomic mass is 9.95. The molecule has 0 radical (unpaired) electrons. The van der Waals surface area contributed by atoms with Crippen LogP contribution in [0.3, 0.4) is 0 Å². The first-order valence-corrected chi connectivity index (χ1v) is 17.4. The van der Waals surface area contributed by atoms with E-state index in [4.69, 9.17) is 16.3 Å². The first kappa shape index (κ1) is 33.8. The average Bonchev–Trinajstić information content (AvgIpc) is 3.01. The summed E-state index contributed by atoms with van der Waals surface area (Å²) < 4.78 is 35.2. The highest BCUT2D eigenvalue weighted by atomic mass is 79.9. The fraction of sp³-hybridized carbons (Fsp3) is 0.394. The molecule has 0 bridgehead atoms. The molecule has 0 heterocycles. The molecule has 0 spiro atoms. The Morgan fingerprint density at radius 3 is 2.27 bits per heavy atom. The van der Waals surface area contributed by atoms with E-state index in [-0.39, 0.29) is 23.4 Å². The summed E-state index contributed by atoms with van der Waals surface area (Å²) in [4.78, 5) is 29.4. The molecule has 44 heavy (non-hydrogen) atoms. The van der Waals surface area contributed by atoms with Gasteiger partial charge in [-0.15, -0.1) is 0 Å². The Morgan fingerprint density at radius 2 is 1.68 bits per heavy atom. The maximum atomic E-state index is 14.3. The van der Waals surface area contributed by atoms with Crippen molar-refractivity contribution in [3.05, 3.63) is 87.4 Å². The van der Waals surface area contributed by atoms with Crippen LogP contribution in [0, 0.1) is 6.92 Å². The average molecular weight is 705 g/mol. The lowest BCUT2D eigenvalue weighted by Gasteiger charge is -2.34. The van der Waals surface area contributed by atoms with E-state index in [0.29, 0.717) is 27.4 Å². The van der Waals surface area contributed by atoms with E-state index in [1.807, 2.05) is 13.8 Å². The summed E-state index contributed by atoms with van der Waals surface area (Å²) in [5, 5.41) is 3.71. The van der Waals surface area contributed by atoms with E-state index in [2.05, 4.69) is 21.2 Å². The van der Waals surface area contributed by atoms with Gasteiger partial charge in [0.05, 0.1) is 22.2 Å². The maximum absolute atomic E-state index is 14.3. The van der Waals surface area contributed by atoms with Crippen LogP contribution in [0.25, 0.3) is 0 Å². The van der Waals surface area contributed by atoms with E-state index in [0.717, 1.165) is 47.5 Å². The van der Waals surface area contributed by atoms with Crippen molar-refractivity contribution < 1.29 is 22.7 Å². The molecule has 1 atom stereocenters. The van der Waals surface area contributed by atoms with Crippen molar-refractivity contribution >= 4 is 55.1 Å². The predicted octanol–water partition coefficient (Wildman–Crippen LogP) is 6.87. The Bertz CT molecular complexity index is 1540. The third-order valence-electron chi connectivity index (χ3n) is 7.92. The van der Waals surface area contributed by atoms with Crippen LogP contribution < -0.4 is 14.4 Å². The number of ether oxygens (including phenoxy) is 1. The number of methoxy groups -OCH3 is 1. The number of carbonyl (C=O) groups excluding carboxylic acids is 2. The van der Waals surface area contributed by atoms with Crippen molar-refractivity contribution in [1.82, 2.24) is 10.2 Å². The normalized spacial score (nSPS) is 14.5. The van der Waals surface area contributed by atoms with Gasteiger partial charge in [-0.05, 0) is 90.1 Å². The summed E-state index contributed by atoms with van der Waals surface area (Å²) in [5.41, 5.74) is 2.05. The van der Waals surface area contributed by atoms with Gasteiger partial charge in [-0.3, -0.25) is 13.9 Å². The molecule has 1 aliphatic carbocycles. The van der Waals surface area contributed by atoms with Gasteiger partial charge in [0.1, 0.15) is 18.3 Å². The van der Waals surface area contributed by atoms with Crippen LogP contribution in [-0.4, -0.2) is 50.9 Å². The zero-order valence-electron chi connectivity index (χ0n) is 25.3. The highest BCUT2D eigenvalue weighted by Gasteiger charge is 2.34. The zero-order valence-corrected chi connectivity index (χ0v) is 28.4. The highest BCUT2D eigenvalue weighted by molar-refractivity contribution is 9.10. The number of nitrogens with one attached hydrogen (secondary N) is 1. The second-order valence-electron chi connectivity index (χ2n) is 11.1. The molecule has 0 aliphatic heterocycles. The SMILES string of the molecule is CC[C@H](C(=O)NC1CCCCC1)N(Cc1ccc(Cl)cc1)C(=O)CN(c1ccc(C)cc1)S(=O)(=O)c1ccc(OC)c(Br)c1. The molecule has 1 N–H and O–H groups in total. The summed E-state index contributed by atoms with van der Waals surface area (Å²) in [6.45, 7) is 3.37. The van der Waals surface area contributed by atoms with Crippen LogP contribution in [0.1, 0.15) is 56.6 Å². The molecular weight excluding hydrogens is 666 g/mol. The third kappa shape index (κ3) is 8.34. The molecule has 0 saturated heterocycles. The first-order chi connectivity index (χ1) is 21.0. The molecule has 4 rings (SSSR count). The number of halogens is 2. The smallest absolute Gasteiger partial charge is 0.264 e. The van der Waals surface area contributed by atoms with Gasteiger partial charge in [0.25, 0.3) is 10.0 Å². The molecule has 2 amide bonds. The fourth-order valence-corrected chi connectivity index (χ4v) is 7.68. The van der Waals surface area contributed by atoms with Crippen LogP contribution in [-0.2, 0) is 26.2 Å². The number of anilines is 1. The number of benzene rings is 3. The number of carbonyl (C=O) groups is 2. The Hall–Kier alpha value is -3.08. The van der Waals surface area contributed by atoms with E-state index < -0.39 is 28.5 Å². The molecule has 1 aliphatic rings. The van der Waals surface area contributed by atoms with Crippen LogP contribution in [0.5, 0.6) is 5.75 Å². The van der Waals surface area contributed by atoms with Crippen LogP contribution >= 0.6 is 27.5 Å². The molecule has 3 aromatic carbocycles. The number of nitrogens with zero attached hydrogens (tertiary/aromatic N) is 2. The van der Waals surface area contributed by atoms with Crippen molar-refractivity contribution in [3.8, 4) is 5.75 Å². The quantitative estimate of drug-likeness (QED) is 0.222. The van der Waals surface area contributed by atoms with Crippen molar-refractivity contribution in [2.45, 2.75) is 75.9 Å². The number of aryl methyl sites for hydroxylation is 1. The molecule has 0 aromatic heterocycles. The molecular formula is C33H39BrClN3O5S. The first-order valence-electron chi connectivity index (χ1n) is 14.8. The lowest BCUT2D eigenvalue weighted by Crippen LogP contribution is -2.54. The highest BCUT2D eigenvalue weighted by Crippen LogP contribution is 2.31. The molecule has 1 fully saturated rings. The molecule has 0 unspecified atom stereocenters. The van der Waals surface area contributed by atoms with Gasteiger partial charge >= 0.3 is 0 Å². The van der Waals surface area contributed by atoms with E-state index in [9.17, 15) is 18.0 Å². The maximum Gasteiger partial charge on any atom is 0.264 e. The molecule has 11 heteroatoms. The Kier molecular flexibility index (Phi) is 11.7. The van der Waals surface area contributed by atoms with Gasteiger partial charge in [0.15, 0.2) is 0 Å². The largest absolute Gasteiger partial charge is 0.496 e. The van der Waals surface area contributed by atoms with E-state index in [1.54, 1.807) is 54.6 Å². The van der Waals surface area contributed by atoms with Gasteiger partial charge in [-0.25, -0.2) is 8.42 Å². The minimum Gasteiger partial charge on any atom is -0.496 e. The van der Waals surface area contributed by atoms with Crippen molar-refractivity contribution in [2.75, 3.05) is 18.0 Å². The van der Waals surface area contributed by atoms with Gasteiger partial charge in [-0.1, -0.05) is 67.6 Å². The van der Waals surface area contributed by atoms with Crippen LogP contribution in [0.4, 0.5) is 5.69 Å². The number of rotatable bonds is 12. The number of hydrogen-bond donors (Lipinski definition) is 1. The van der Waals surface area contributed by atoms with Gasteiger partial charge < -0.3 is 15.0 Å². The Balaban J connectivity index is 1.71. The third-order valence-corrected chi connectivity index (χ3v) is 10.6. The number of hydrogen-bond acceptors (Lipinski definition) is 5. The topological polar surface area (TPSA) is 96.0 Å².